The van der Waals surface area contributed by atoms with Gasteiger partial charge in [-0.2, -0.15) is 10.2 Å². The van der Waals surface area contributed by atoms with Crippen LogP contribution in [0.4, 0.5) is 4.39 Å². The van der Waals surface area contributed by atoms with Crippen molar-refractivity contribution in [2.75, 3.05) is 6.54 Å². The molecule has 0 unspecified atom stereocenters. The number of nitrogens with one attached hydrogen (secondary N) is 2. The Hall–Kier alpha value is -3.66. The number of nitrogens with zero attached hydrogens (tertiary/aromatic N) is 4. The Morgan fingerprint density at radius 1 is 1.16 bits per heavy atom. The first-order chi connectivity index (χ1) is 14.9. The largest absolute Gasteiger partial charge is 0.349 e. The first-order valence-corrected chi connectivity index (χ1v) is 10.3. The number of rotatable bonds is 6. The number of amides is 1. The Morgan fingerprint density at radius 3 is 2.65 bits per heavy atom. The molecule has 1 amide bonds. The molecule has 0 saturated carbocycles. The number of thiazole rings is 1. The van der Waals surface area contributed by atoms with E-state index < -0.39 is 0 Å². The summed E-state index contributed by atoms with van der Waals surface area (Å²) < 4.78 is 14.4. The molecule has 4 aromatic rings. The number of aromatic nitrogens is 5. The lowest BCUT2D eigenvalue weighted by molar-refractivity contribution is 0.0946. The molecule has 0 aliphatic heterocycles. The van der Waals surface area contributed by atoms with Gasteiger partial charge in [0.15, 0.2) is 0 Å². The van der Waals surface area contributed by atoms with E-state index in [1.54, 1.807) is 24.3 Å². The van der Waals surface area contributed by atoms with Gasteiger partial charge in [-0.05, 0) is 50.2 Å². The summed E-state index contributed by atoms with van der Waals surface area (Å²) in [6.45, 7) is 4.25. The van der Waals surface area contributed by atoms with Gasteiger partial charge in [0.25, 0.3) is 11.5 Å². The van der Waals surface area contributed by atoms with E-state index in [2.05, 4.69) is 25.6 Å². The van der Waals surface area contributed by atoms with Crippen LogP contribution in [0, 0.1) is 19.7 Å². The van der Waals surface area contributed by atoms with E-state index >= 15 is 0 Å². The zero-order chi connectivity index (χ0) is 22.0. The summed E-state index contributed by atoms with van der Waals surface area (Å²) in [4.78, 5) is 29.9. The second-order valence-corrected chi connectivity index (χ2v) is 8.06. The van der Waals surface area contributed by atoms with Crippen LogP contribution >= 0.6 is 11.3 Å². The van der Waals surface area contributed by atoms with Crippen LogP contribution in [-0.4, -0.2) is 37.4 Å². The van der Waals surface area contributed by atoms with Crippen LogP contribution in [0.3, 0.4) is 0 Å². The summed E-state index contributed by atoms with van der Waals surface area (Å²) in [5, 5.41) is 14.8. The molecule has 3 heterocycles. The van der Waals surface area contributed by atoms with Crippen LogP contribution in [0.2, 0.25) is 0 Å². The molecule has 0 spiro atoms. The van der Waals surface area contributed by atoms with Gasteiger partial charge in [-0.1, -0.05) is 0 Å². The number of halogens is 1. The predicted octanol–water partition coefficient (Wildman–Crippen LogP) is 2.94. The average Bonchev–Trinajstić information content (AvgIpc) is 3.36. The molecule has 1 aromatic carbocycles. The molecule has 0 fully saturated rings. The number of aromatic amines is 1. The molecular weight excluding hydrogens is 419 g/mol. The number of hydrogen-bond acceptors (Lipinski definition) is 6. The smallest absolute Gasteiger partial charge is 0.269 e. The first kappa shape index (κ1) is 20.6. The monoisotopic (exact) mass is 438 g/mol. The number of H-pyrrole nitrogens is 1. The third-order valence-corrected chi connectivity index (χ3v) is 5.67. The van der Waals surface area contributed by atoms with Crippen LogP contribution in [0.15, 0.2) is 47.3 Å². The van der Waals surface area contributed by atoms with Gasteiger partial charge < -0.3 is 5.32 Å². The normalized spacial score (nSPS) is 10.9. The summed E-state index contributed by atoms with van der Waals surface area (Å²) >= 11 is 1.52. The van der Waals surface area contributed by atoms with Crippen molar-refractivity contribution < 1.29 is 9.18 Å². The van der Waals surface area contributed by atoms with Crippen LogP contribution in [-0.2, 0) is 6.54 Å². The van der Waals surface area contributed by atoms with Gasteiger partial charge in [0.05, 0.1) is 27.8 Å². The summed E-state index contributed by atoms with van der Waals surface area (Å²) in [5.74, 6) is -0.704. The van der Waals surface area contributed by atoms with E-state index in [-0.39, 0.29) is 36.1 Å². The molecule has 10 heteroatoms. The summed E-state index contributed by atoms with van der Waals surface area (Å²) in [6.07, 6.45) is 0. The van der Waals surface area contributed by atoms with Gasteiger partial charge in [0, 0.05) is 18.2 Å². The SMILES string of the molecule is Cc1nc(C)c(-c2ccc(=O)n(CCNC(=O)c3cc(-c4ccc(F)cc4)n[nH]3)n2)s1. The predicted molar refractivity (Wildman–Crippen MR) is 115 cm³/mol. The van der Waals surface area contributed by atoms with E-state index in [0.717, 1.165) is 15.6 Å². The lowest BCUT2D eigenvalue weighted by atomic mass is 10.1. The fourth-order valence-corrected chi connectivity index (χ4v) is 3.96. The van der Waals surface area contributed by atoms with Gasteiger partial charge >= 0.3 is 0 Å². The highest BCUT2D eigenvalue weighted by atomic mass is 32.1. The van der Waals surface area contributed by atoms with Crippen molar-refractivity contribution in [1.29, 1.82) is 0 Å². The van der Waals surface area contributed by atoms with E-state index in [0.29, 0.717) is 17.0 Å². The molecule has 2 N–H and O–H groups in total. The molecule has 3 aromatic heterocycles. The summed E-state index contributed by atoms with van der Waals surface area (Å²) in [5.41, 5.74) is 2.78. The Bertz CT molecular complexity index is 1290. The molecule has 158 valence electrons. The van der Waals surface area contributed by atoms with Crippen molar-refractivity contribution in [2.24, 2.45) is 0 Å². The number of hydrogen-bond donors (Lipinski definition) is 2. The van der Waals surface area contributed by atoms with Crippen LogP contribution < -0.4 is 10.9 Å². The standard InChI is InChI=1S/C21H19FN6O2S/c1-12-20(31-13(2)24-12)16-7-8-19(29)28(27-16)10-9-23-21(30)18-11-17(25-26-18)14-3-5-15(22)6-4-14/h3-8,11H,9-10H2,1-2H3,(H,23,30)(H,25,26). The Morgan fingerprint density at radius 2 is 1.94 bits per heavy atom. The zero-order valence-electron chi connectivity index (χ0n) is 16.8. The Kier molecular flexibility index (Phi) is 5.72. The third kappa shape index (κ3) is 4.58. The summed E-state index contributed by atoms with van der Waals surface area (Å²) in [7, 11) is 0. The zero-order valence-corrected chi connectivity index (χ0v) is 17.7. The van der Waals surface area contributed by atoms with E-state index in [1.807, 2.05) is 13.8 Å². The molecular formula is C21H19FN6O2S. The highest BCUT2D eigenvalue weighted by Crippen LogP contribution is 2.27. The molecule has 0 aliphatic carbocycles. The van der Waals surface area contributed by atoms with Gasteiger partial charge in [-0.15, -0.1) is 11.3 Å². The van der Waals surface area contributed by atoms with Gasteiger partial charge in [0.1, 0.15) is 17.2 Å². The molecule has 0 atom stereocenters. The second kappa shape index (κ2) is 8.60. The van der Waals surface area contributed by atoms with E-state index in [1.165, 1.54) is 34.2 Å². The second-order valence-electron chi connectivity index (χ2n) is 6.86. The highest BCUT2D eigenvalue weighted by molar-refractivity contribution is 7.15. The average molecular weight is 438 g/mol. The number of carbonyl (C=O) groups is 1. The van der Waals surface area contributed by atoms with Crippen molar-refractivity contribution in [3.05, 3.63) is 75.0 Å². The van der Waals surface area contributed by atoms with Crippen molar-refractivity contribution >= 4 is 17.2 Å². The molecule has 8 nitrogen and oxygen atoms in total. The van der Waals surface area contributed by atoms with Crippen molar-refractivity contribution in [3.63, 3.8) is 0 Å². The number of aryl methyl sites for hydroxylation is 2. The quantitative estimate of drug-likeness (QED) is 0.482. The minimum atomic E-state index is -0.362. The molecule has 31 heavy (non-hydrogen) atoms. The van der Waals surface area contributed by atoms with Crippen LogP contribution in [0.1, 0.15) is 21.2 Å². The van der Waals surface area contributed by atoms with Gasteiger partial charge in [0.2, 0.25) is 0 Å². The molecule has 0 bridgehead atoms. The maximum atomic E-state index is 13.1. The minimum Gasteiger partial charge on any atom is -0.349 e. The van der Waals surface area contributed by atoms with E-state index in [9.17, 15) is 14.0 Å². The Labute approximate surface area is 180 Å². The van der Waals surface area contributed by atoms with Gasteiger partial charge in [-0.3, -0.25) is 14.7 Å². The fourth-order valence-electron chi connectivity index (χ4n) is 3.08. The maximum Gasteiger partial charge on any atom is 0.269 e. The third-order valence-electron chi connectivity index (χ3n) is 4.57. The lowest BCUT2D eigenvalue weighted by Gasteiger charge is -2.07. The molecule has 4 rings (SSSR count). The number of benzene rings is 1. The lowest BCUT2D eigenvalue weighted by Crippen LogP contribution is -2.32. The fraction of sp³-hybridized carbons (Fsp3) is 0.190. The maximum absolute atomic E-state index is 13.1. The van der Waals surface area contributed by atoms with E-state index in [4.69, 9.17) is 0 Å². The molecule has 0 radical (unpaired) electrons. The van der Waals surface area contributed by atoms with Gasteiger partial charge in [-0.25, -0.2) is 14.1 Å². The summed E-state index contributed by atoms with van der Waals surface area (Å²) in [6, 6.07) is 10.6. The minimum absolute atomic E-state index is 0.209. The van der Waals surface area contributed by atoms with Crippen molar-refractivity contribution in [1.82, 2.24) is 30.3 Å². The van der Waals surface area contributed by atoms with Crippen LogP contribution in [0.25, 0.3) is 21.8 Å². The van der Waals surface area contributed by atoms with Crippen molar-refractivity contribution in [3.8, 4) is 21.8 Å². The highest BCUT2D eigenvalue weighted by Gasteiger charge is 2.13. The van der Waals surface area contributed by atoms with Crippen LogP contribution in [0.5, 0.6) is 0 Å². The first-order valence-electron chi connectivity index (χ1n) is 9.53. The molecule has 0 saturated heterocycles. The Balaban J connectivity index is 1.41. The molecule has 0 aliphatic rings. The topological polar surface area (TPSA) is 106 Å². The number of carbonyl (C=O) groups excluding carboxylic acids is 1. The van der Waals surface area contributed by atoms with Crippen molar-refractivity contribution in [2.45, 2.75) is 20.4 Å².